The van der Waals surface area contributed by atoms with Gasteiger partial charge in [-0.25, -0.2) is 13.8 Å². The molecule has 0 amide bonds. The molecule has 4 atom stereocenters. The van der Waals surface area contributed by atoms with Crippen LogP contribution in [0.3, 0.4) is 0 Å². The number of alkyl halides is 1. The molecule has 44 heavy (non-hydrogen) atoms. The van der Waals surface area contributed by atoms with Gasteiger partial charge in [-0.1, -0.05) is 11.3 Å². The van der Waals surface area contributed by atoms with Crippen LogP contribution in [0.25, 0.3) is 32.4 Å². The van der Waals surface area contributed by atoms with Crippen LogP contribution in [0.15, 0.2) is 23.0 Å². The van der Waals surface area contributed by atoms with Crippen molar-refractivity contribution in [2.45, 2.75) is 74.8 Å². The number of piperazine rings is 1. The number of fused-ring (bicyclic) bond motifs is 5. The molecule has 3 aromatic heterocycles. The van der Waals surface area contributed by atoms with Crippen molar-refractivity contribution in [1.29, 1.82) is 0 Å². The molecule has 1 aromatic carbocycles. The lowest BCUT2D eigenvalue weighted by atomic mass is 9.95. The van der Waals surface area contributed by atoms with Crippen LogP contribution >= 0.6 is 11.3 Å². The Morgan fingerprint density at radius 1 is 1.11 bits per heavy atom. The second kappa shape index (κ2) is 9.79. The average Bonchev–Trinajstić information content (AvgIpc) is 3.42. The largest absolute Gasteiger partial charge is 0.461 e. The Bertz CT molecular complexity index is 1860. The molecule has 0 radical (unpaired) electrons. The molecular formula is C31H34F2N8O2S. The number of pyridine rings is 1. The van der Waals surface area contributed by atoms with E-state index in [1.807, 2.05) is 10.6 Å². The number of rotatable bonds is 6. The molecule has 2 bridgehead atoms. The van der Waals surface area contributed by atoms with Gasteiger partial charge in [0.2, 0.25) is 0 Å². The van der Waals surface area contributed by atoms with Crippen LogP contribution in [0.2, 0.25) is 0 Å². The molecule has 5 fully saturated rings. The predicted octanol–water partition coefficient (Wildman–Crippen LogP) is 4.02. The van der Waals surface area contributed by atoms with E-state index in [1.165, 1.54) is 6.07 Å². The first-order valence-corrected chi connectivity index (χ1v) is 16.5. The van der Waals surface area contributed by atoms with Gasteiger partial charge in [0, 0.05) is 49.7 Å². The fourth-order valence-electron chi connectivity index (χ4n) is 8.31. The zero-order valence-electron chi connectivity index (χ0n) is 24.3. The number of nitrogens with two attached hydrogens (primary N) is 1. The van der Waals surface area contributed by atoms with Crippen LogP contribution in [0, 0.1) is 5.82 Å². The standard InChI is InChI=1S/C31H34F2N8O2S/c32-16-11-31(8-1-9-39(31)14-16)15-43-30-36-22-10-23(20-6-7-21(33)26-25(20)37-29(34)44-26)41(17-2-3-17)28(42)24(22)27(38-30)40-18-4-5-19(40)13-35-12-18/h6-7,10,16-19,35H,1-5,8-9,11-15H2,(H2,34,37)/t16-,18?,19?,31+/m1/s1. The molecule has 1 aliphatic carbocycles. The molecule has 4 aliphatic heterocycles. The molecular weight excluding hydrogens is 586 g/mol. The average molecular weight is 621 g/mol. The minimum Gasteiger partial charge on any atom is -0.461 e. The fraction of sp³-hybridized carbons (Fsp3) is 0.548. The van der Waals surface area contributed by atoms with Gasteiger partial charge < -0.3 is 25.3 Å². The minimum atomic E-state index is -0.862. The van der Waals surface area contributed by atoms with E-state index < -0.39 is 12.0 Å². The molecule has 13 heteroatoms. The van der Waals surface area contributed by atoms with Crippen molar-refractivity contribution < 1.29 is 13.5 Å². The van der Waals surface area contributed by atoms with Crippen LogP contribution in [0.4, 0.5) is 19.7 Å². The number of thiazole rings is 1. The Kier molecular flexibility index (Phi) is 5.99. The van der Waals surface area contributed by atoms with E-state index >= 15 is 0 Å². The van der Waals surface area contributed by atoms with Gasteiger partial charge in [0.05, 0.1) is 27.0 Å². The maximum absolute atomic E-state index is 14.8. The highest BCUT2D eigenvalue weighted by atomic mass is 32.1. The normalized spacial score (nSPS) is 28.4. The third-order valence-electron chi connectivity index (χ3n) is 10.4. The van der Waals surface area contributed by atoms with Gasteiger partial charge in [-0.2, -0.15) is 9.97 Å². The van der Waals surface area contributed by atoms with E-state index in [2.05, 4.69) is 20.1 Å². The number of hydrogen-bond donors (Lipinski definition) is 2. The van der Waals surface area contributed by atoms with E-state index in [-0.39, 0.29) is 40.4 Å². The SMILES string of the molecule is Nc1nc2c(-c3cc4nc(OC[C@@]56CCCN5C[C@H](F)C6)nc(N5C6CCC5CNC6)c4c(=O)n3C3CC3)ccc(F)c2s1. The summed E-state index contributed by atoms with van der Waals surface area (Å²) in [7, 11) is 0. The second-order valence-electron chi connectivity index (χ2n) is 13.2. The van der Waals surface area contributed by atoms with E-state index in [9.17, 15) is 13.6 Å². The van der Waals surface area contributed by atoms with Crippen LogP contribution in [-0.2, 0) is 0 Å². The Labute approximate surface area is 256 Å². The number of nitrogen functional groups attached to an aromatic ring is 1. The molecule has 4 aromatic rings. The van der Waals surface area contributed by atoms with Gasteiger partial charge in [0.1, 0.15) is 29.8 Å². The molecule has 5 aliphatic rings. The summed E-state index contributed by atoms with van der Waals surface area (Å²) >= 11 is 1.10. The first-order valence-electron chi connectivity index (χ1n) is 15.7. The number of benzene rings is 1. The van der Waals surface area contributed by atoms with Crippen LogP contribution < -0.4 is 26.2 Å². The summed E-state index contributed by atoms with van der Waals surface area (Å²) in [5.41, 5.74) is 7.71. The molecule has 0 spiro atoms. The fourth-order valence-corrected chi connectivity index (χ4v) is 9.07. The van der Waals surface area contributed by atoms with E-state index in [0.717, 1.165) is 69.5 Å². The molecule has 10 nitrogen and oxygen atoms in total. The number of ether oxygens (including phenoxy) is 1. The Morgan fingerprint density at radius 3 is 2.70 bits per heavy atom. The highest BCUT2D eigenvalue weighted by Gasteiger charge is 2.49. The third-order valence-corrected chi connectivity index (χ3v) is 11.3. The van der Waals surface area contributed by atoms with Crippen molar-refractivity contribution in [2.24, 2.45) is 0 Å². The maximum atomic E-state index is 14.8. The molecule has 2 unspecified atom stereocenters. The molecule has 7 heterocycles. The Morgan fingerprint density at radius 2 is 1.91 bits per heavy atom. The highest BCUT2D eigenvalue weighted by Crippen LogP contribution is 2.44. The minimum absolute atomic E-state index is 0.0324. The first kappa shape index (κ1) is 26.9. The summed E-state index contributed by atoms with van der Waals surface area (Å²) in [6.45, 7) is 3.25. The Balaban J connectivity index is 1.23. The van der Waals surface area contributed by atoms with Gasteiger partial charge in [-0.05, 0) is 63.3 Å². The van der Waals surface area contributed by atoms with Gasteiger partial charge in [0.15, 0.2) is 5.13 Å². The van der Waals surface area contributed by atoms with Gasteiger partial charge in [0.25, 0.3) is 5.56 Å². The van der Waals surface area contributed by atoms with Crippen LogP contribution in [0.5, 0.6) is 6.01 Å². The summed E-state index contributed by atoms with van der Waals surface area (Å²) in [5.74, 6) is 0.221. The second-order valence-corrected chi connectivity index (χ2v) is 14.2. The topological polar surface area (TPSA) is 114 Å². The quantitative estimate of drug-likeness (QED) is 0.330. The van der Waals surface area contributed by atoms with Gasteiger partial charge >= 0.3 is 6.01 Å². The zero-order chi connectivity index (χ0) is 29.7. The number of halogens is 2. The number of nitrogens with one attached hydrogen (secondary N) is 1. The lowest BCUT2D eigenvalue weighted by molar-refractivity contribution is 0.107. The maximum Gasteiger partial charge on any atom is 0.319 e. The summed E-state index contributed by atoms with van der Waals surface area (Å²) in [6, 6.07) is 5.66. The highest BCUT2D eigenvalue weighted by molar-refractivity contribution is 7.22. The third kappa shape index (κ3) is 4.08. The smallest absolute Gasteiger partial charge is 0.319 e. The van der Waals surface area contributed by atoms with Crippen molar-refractivity contribution in [3.63, 3.8) is 0 Å². The van der Waals surface area contributed by atoms with Crippen LogP contribution in [-0.4, -0.2) is 81.0 Å². The molecule has 3 N–H and O–H groups in total. The van der Waals surface area contributed by atoms with Crippen LogP contribution in [0.1, 0.15) is 51.0 Å². The van der Waals surface area contributed by atoms with E-state index in [1.54, 1.807) is 6.07 Å². The summed E-state index contributed by atoms with van der Waals surface area (Å²) in [4.78, 5) is 33.4. The van der Waals surface area contributed by atoms with E-state index in [4.69, 9.17) is 20.4 Å². The molecule has 1 saturated carbocycles. The molecule has 230 valence electrons. The van der Waals surface area contributed by atoms with Gasteiger partial charge in [-0.3, -0.25) is 9.69 Å². The van der Waals surface area contributed by atoms with Crippen molar-refractivity contribution in [3.8, 4) is 17.3 Å². The van der Waals surface area contributed by atoms with E-state index in [0.29, 0.717) is 57.8 Å². The number of hydrogen-bond acceptors (Lipinski definition) is 10. The molecule has 4 saturated heterocycles. The van der Waals surface area contributed by atoms with Crippen molar-refractivity contribution in [3.05, 3.63) is 34.4 Å². The number of nitrogens with zero attached hydrogens (tertiary/aromatic N) is 6. The number of anilines is 2. The monoisotopic (exact) mass is 620 g/mol. The predicted molar refractivity (Wildman–Crippen MR) is 166 cm³/mol. The summed E-state index contributed by atoms with van der Waals surface area (Å²) < 4.78 is 37.9. The van der Waals surface area contributed by atoms with Crippen molar-refractivity contribution in [1.82, 2.24) is 29.7 Å². The Hall–Kier alpha value is -3.42. The van der Waals surface area contributed by atoms with Gasteiger partial charge in [-0.15, -0.1) is 0 Å². The zero-order valence-corrected chi connectivity index (χ0v) is 25.1. The van der Waals surface area contributed by atoms with Crippen molar-refractivity contribution >= 4 is 43.4 Å². The summed E-state index contributed by atoms with van der Waals surface area (Å²) in [5, 5.41) is 4.27. The summed E-state index contributed by atoms with van der Waals surface area (Å²) in [6.07, 6.45) is 5.28. The van der Waals surface area contributed by atoms with Crippen molar-refractivity contribution in [2.75, 3.05) is 43.4 Å². The lowest BCUT2D eigenvalue weighted by Gasteiger charge is -2.37. The lowest BCUT2D eigenvalue weighted by Crippen LogP contribution is -2.52. The molecule has 9 rings (SSSR count). The number of aromatic nitrogens is 4. The first-order chi connectivity index (χ1) is 21.4.